The number of aromatic nitrogens is 3. The molecule has 1 saturated heterocycles. The quantitative estimate of drug-likeness (QED) is 0.324. The van der Waals surface area contributed by atoms with E-state index >= 15 is 4.39 Å². The van der Waals surface area contributed by atoms with Gasteiger partial charge in [0.15, 0.2) is 11.6 Å². The molecular formula is C32H48FN5O4. The third-order valence-corrected chi connectivity index (χ3v) is 9.03. The number of carbonyl (C=O) groups is 2. The maximum Gasteiger partial charge on any atom is 0.407 e. The normalized spacial score (nSPS) is 23.5. The molecule has 232 valence electrons. The molecule has 0 aromatic carbocycles. The molecule has 3 heterocycles. The number of rotatable bonds is 6. The highest BCUT2D eigenvalue weighted by atomic mass is 19.1. The lowest BCUT2D eigenvalue weighted by Gasteiger charge is -2.64. The van der Waals surface area contributed by atoms with Crippen LogP contribution < -0.4 is 5.32 Å². The van der Waals surface area contributed by atoms with E-state index in [1.54, 1.807) is 0 Å². The first-order valence-electron chi connectivity index (χ1n) is 14.4. The predicted octanol–water partition coefficient (Wildman–Crippen LogP) is 7.33. The minimum absolute atomic E-state index is 0.000621. The van der Waals surface area contributed by atoms with Gasteiger partial charge in [0, 0.05) is 36.2 Å². The average Bonchev–Trinajstić information content (AvgIpc) is 3.19. The first-order valence-corrected chi connectivity index (χ1v) is 14.4. The van der Waals surface area contributed by atoms with Gasteiger partial charge >= 0.3 is 12.1 Å². The molecule has 0 radical (unpaired) electrons. The van der Waals surface area contributed by atoms with Crippen LogP contribution in [0.1, 0.15) is 92.6 Å². The number of carboxylic acid groups (broad SMARTS) is 2. The van der Waals surface area contributed by atoms with Gasteiger partial charge in [-0.1, -0.05) is 54.2 Å². The van der Waals surface area contributed by atoms with E-state index in [9.17, 15) is 19.8 Å². The monoisotopic (exact) mass is 585 g/mol. The summed E-state index contributed by atoms with van der Waals surface area (Å²) in [4.78, 5) is 32.0. The lowest BCUT2D eigenvalue weighted by atomic mass is 9.47. The van der Waals surface area contributed by atoms with E-state index in [0.717, 1.165) is 5.69 Å². The van der Waals surface area contributed by atoms with Crippen molar-refractivity contribution in [3.63, 3.8) is 0 Å². The summed E-state index contributed by atoms with van der Waals surface area (Å²) in [6.07, 6.45) is 0.0712. The number of nitrogens with one attached hydrogen (secondary N) is 1. The van der Waals surface area contributed by atoms with Crippen LogP contribution in [0.5, 0.6) is 0 Å². The van der Waals surface area contributed by atoms with Gasteiger partial charge in [0.25, 0.3) is 0 Å². The third kappa shape index (κ3) is 5.64. The van der Waals surface area contributed by atoms with Gasteiger partial charge in [-0.05, 0) is 57.9 Å². The highest BCUT2D eigenvalue weighted by Gasteiger charge is 2.66. The lowest BCUT2D eigenvalue weighted by Crippen LogP contribution is -2.72. The molecule has 0 spiro atoms. The largest absolute Gasteiger partial charge is 0.481 e. The molecule has 1 fully saturated rings. The van der Waals surface area contributed by atoms with Gasteiger partial charge in [-0.3, -0.25) is 9.48 Å². The fraction of sp³-hybridized carbons (Fsp3) is 0.625. The summed E-state index contributed by atoms with van der Waals surface area (Å²) in [6, 6.07) is 3.40. The number of hydrogen-bond donors (Lipinski definition) is 3. The molecule has 1 aliphatic rings. The summed E-state index contributed by atoms with van der Waals surface area (Å²) >= 11 is 0. The summed E-state index contributed by atoms with van der Waals surface area (Å²) in [5.41, 5.74) is -3.07. The summed E-state index contributed by atoms with van der Waals surface area (Å²) in [7, 11) is 0. The molecule has 3 rings (SSSR count). The molecule has 42 heavy (non-hydrogen) atoms. The van der Waals surface area contributed by atoms with Gasteiger partial charge in [-0.15, -0.1) is 0 Å². The summed E-state index contributed by atoms with van der Waals surface area (Å²) in [5, 5.41) is 29.1. The minimum atomic E-state index is -1.51. The Kier molecular flexibility index (Phi) is 8.42. The van der Waals surface area contributed by atoms with Crippen molar-refractivity contribution in [1.29, 1.82) is 0 Å². The van der Waals surface area contributed by atoms with E-state index in [1.807, 2.05) is 86.9 Å². The molecule has 2 aromatic rings. The van der Waals surface area contributed by atoms with E-state index in [1.165, 1.54) is 17.0 Å². The number of nitrogens with zero attached hydrogens (tertiary/aromatic N) is 4. The highest BCUT2D eigenvalue weighted by molar-refractivity contribution is 5.78. The Morgan fingerprint density at radius 2 is 1.71 bits per heavy atom. The Hall–Kier alpha value is -3.43. The Labute approximate surface area is 249 Å². The highest BCUT2D eigenvalue weighted by Crippen LogP contribution is 2.60. The predicted molar refractivity (Wildman–Crippen MR) is 163 cm³/mol. The Morgan fingerprint density at radius 1 is 1.12 bits per heavy atom. The SMILES string of the molecule is C=Cc1cc(Nc2cc(C)n(C(C)(C)C)n2)nc(C[C@]2(C(=O)O)CCN(C(=O)O)[C@@](C)(C(C)(C)C)C2C(C)(C)C)c1F. The first kappa shape index (κ1) is 33.1. The minimum Gasteiger partial charge on any atom is -0.481 e. The van der Waals surface area contributed by atoms with Gasteiger partial charge < -0.3 is 20.4 Å². The van der Waals surface area contributed by atoms with Gasteiger partial charge in [-0.2, -0.15) is 5.10 Å². The second kappa shape index (κ2) is 10.7. The standard InChI is InChI=1S/C32H48FN5O4/c1-13-20-17-22(35-23-16-19(2)38(36-23)30(9,10)11)34-21(24(20)33)18-32(26(39)40)14-15-37(27(41)42)31(12,29(6,7)8)25(32)28(3,4)5/h13,16-17,25H,1,14-15,18H2,2-12H3,(H,39,40)(H,41,42)(H,34,35,36)/t25?,31-,32-/m1/s1. The topological polar surface area (TPSA) is 121 Å². The van der Waals surface area contributed by atoms with Crippen LogP contribution in [0, 0.1) is 34.9 Å². The molecule has 0 saturated carbocycles. The zero-order valence-electron chi connectivity index (χ0n) is 27.0. The van der Waals surface area contributed by atoms with Crippen molar-refractivity contribution in [3.05, 3.63) is 41.5 Å². The van der Waals surface area contributed by atoms with E-state index in [-0.39, 0.29) is 36.2 Å². The molecule has 0 aliphatic carbocycles. The van der Waals surface area contributed by atoms with Crippen molar-refractivity contribution in [2.75, 3.05) is 11.9 Å². The summed E-state index contributed by atoms with van der Waals surface area (Å²) in [5.74, 6) is -1.59. The van der Waals surface area contributed by atoms with E-state index in [4.69, 9.17) is 0 Å². The van der Waals surface area contributed by atoms with Crippen molar-refractivity contribution < 1.29 is 24.2 Å². The number of pyridine rings is 1. The Bertz CT molecular complexity index is 1380. The van der Waals surface area contributed by atoms with Crippen molar-refractivity contribution in [1.82, 2.24) is 19.7 Å². The number of piperidine rings is 1. The van der Waals surface area contributed by atoms with Crippen LogP contribution in [0.3, 0.4) is 0 Å². The van der Waals surface area contributed by atoms with Crippen LogP contribution in [0.2, 0.25) is 0 Å². The summed E-state index contributed by atoms with van der Waals surface area (Å²) < 4.78 is 17.9. The molecule has 10 heteroatoms. The molecule has 3 N–H and O–H groups in total. The van der Waals surface area contributed by atoms with Crippen molar-refractivity contribution in [2.45, 2.75) is 100 Å². The molecule has 9 nitrogen and oxygen atoms in total. The number of carboxylic acids is 1. The zero-order valence-corrected chi connectivity index (χ0v) is 27.0. The zero-order chi connectivity index (χ0) is 32.2. The third-order valence-electron chi connectivity index (χ3n) is 9.03. The van der Waals surface area contributed by atoms with Crippen LogP contribution in [-0.2, 0) is 16.8 Å². The molecular weight excluding hydrogens is 537 g/mol. The number of anilines is 2. The van der Waals surface area contributed by atoms with Crippen LogP contribution in [0.15, 0.2) is 18.7 Å². The van der Waals surface area contributed by atoms with E-state index < -0.39 is 45.6 Å². The molecule has 1 aliphatic heterocycles. The second-order valence-corrected chi connectivity index (χ2v) is 15.0. The second-order valence-electron chi connectivity index (χ2n) is 15.0. The van der Waals surface area contributed by atoms with Gasteiger partial charge in [-0.25, -0.2) is 14.2 Å². The molecule has 2 aromatic heterocycles. The van der Waals surface area contributed by atoms with Crippen LogP contribution in [0.25, 0.3) is 6.08 Å². The maximum atomic E-state index is 16.0. The molecule has 3 atom stereocenters. The fourth-order valence-corrected chi connectivity index (χ4v) is 7.26. The Morgan fingerprint density at radius 3 is 2.14 bits per heavy atom. The van der Waals surface area contributed by atoms with Crippen molar-refractivity contribution >= 4 is 29.8 Å². The Balaban J connectivity index is 2.23. The van der Waals surface area contributed by atoms with Crippen molar-refractivity contribution in [2.24, 2.45) is 22.2 Å². The number of halogens is 1. The van der Waals surface area contributed by atoms with Gasteiger partial charge in [0.1, 0.15) is 5.82 Å². The molecule has 1 unspecified atom stereocenters. The van der Waals surface area contributed by atoms with Gasteiger partial charge in [0.05, 0.1) is 22.2 Å². The number of aliphatic carboxylic acids is 1. The van der Waals surface area contributed by atoms with Crippen LogP contribution in [-0.4, -0.2) is 54.0 Å². The smallest absolute Gasteiger partial charge is 0.407 e. The molecule has 1 amide bonds. The van der Waals surface area contributed by atoms with E-state index in [0.29, 0.717) is 11.6 Å². The number of aryl methyl sites for hydroxylation is 1. The van der Waals surface area contributed by atoms with Crippen LogP contribution >= 0.6 is 0 Å². The lowest BCUT2D eigenvalue weighted by molar-refractivity contribution is -0.188. The first-order chi connectivity index (χ1) is 19.0. The number of likely N-dealkylation sites (tertiary alicyclic amines) is 1. The molecule has 0 bridgehead atoms. The fourth-order valence-electron chi connectivity index (χ4n) is 7.26. The van der Waals surface area contributed by atoms with Crippen molar-refractivity contribution in [3.8, 4) is 0 Å². The maximum absolute atomic E-state index is 16.0. The van der Waals surface area contributed by atoms with Gasteiger partial charge in [0.2, 0.25) is 0 Å². The number of amides is 1. The average molecular weight is 586 g/mol. The number of hydrogen-bond acceptors (Lipinski definition) is 5. The summed E-state index contributed by atoms with van der Waals surface area (Å²) in [6.45, 7) is 25.2. The van der Waals surface area contributed by atoms with E-state index in [2.05, 4.69) is 22.0 Å². The van der Waals surface area contributed by atoms with Crippen LogP contribution in [0.4, 0.5) is 20.8 Å².